The van der Waals surface area contributed by atoms with Gasteiger partial charge in [-0.1, -0.05) is 5.16 Å². The summed E-state index contributed by atoms with van der Waals surface area (Å²) in [6.07, 6.45) is 3.59. The molecule has 0 aliphatic rings. The van der Waals surface area contributed by atoms with Gasteiger partial charge in [-0.15, -0.1) is 11.3 Å². The number of thiazole rings is 1. The number of aromatic carboxylic acids is 1. The second-order valence-corrected chi connectivity index (χ2v) is 6.89. The topological polar surface area (TPSA) is 123 Å². The number of carbonyl (C=O) groups is 2. The molecule has 1 unspecified atom stereocenters. The third-order valence-corrected chi connectivity index (χ3v) is 4.93. The molecule has 10 heteroatoms. The second kappa shape index (κ2) is 7.08. The van der Waals surface area contributed by atoms with Crippen LogP contribution in [0.5, 0.6) is 0 Å². The molecule has 26 heavy (non-hydrogen) atoms. The maximum absolute atomic E-state index is 12.3. The summed E-state index contributed by atoms with van der Waals surface area (Å²) in [6, 6.07) is 1.10. The summed E-state index contributed by atoms with van der Waals surface area (Å²) in [4.78, 5) is 27.8. The molecule has 1 atom stereocenters. The summed E-state index contributed by atoms with van der Waals surface area (Å²) in [6.45, 7) is 5.66. The van der Waals surface area contributed by atoms with E-state index in [1.165, 1.54) is 0 Å². The minimum Gasteiger partial charge on any atom is -0.477 e. The van der Waals surface area contributed by atoms with Crippen molar-refractivity contribution in [3.8, 4) is 0 Å². The van der Waals surface area contributed by atoms with Gasteiger partial charge in [-0.25, -0.2) is 9.78 Å². The number of carbonyl (C=O) groups excluding carboxylic acids is 1. The lowest BCUT2D eigenvalue weighted by atomic mass is 10.3. The predicted octanol–water partition coefficient (Wildman–Crippen LogP) is 2.18. The average Bonchev–Trinajstić information content (AvgIpc) is 3.28. The molecule has 0 saturated carbocycles. The maximum atomic E-state index is 12.3. The minimum atomic E-state index is -1.03. The van der Waals surface area contributed by atoms with Crippen LogP contribution >= 0.6 is 11.3 Å². The number of nitrogens with zero attached hydrogens (tertiary/aromatic N) is 4. The van der Waals surface area contributed by atoms with E-state index in [4.69, 9.17) is 9.63 Å². The molecular weight excluding hydrogens is 358 g/mol. The van der Waals surface area contributed by atoms with Gasteiger partial charge in [0.25, 0.3) is 5.91 Å². The molecule has 1 amide bonds. The van der Waals surface area contributed by atoms with Crippen molar-refractivity contribution in [2.75, 3.05) is 0 Å². The smallest absolute Gasteiger partial charge is 0.347 e. The van der Waals surface area contributed by atoms with Crippen LogP contribution in [0.3, 0.4) is 0 Å². The van der Waals surface area contributed by atoms with E-state index in [1.807, 2.05) is 13.1 Å². The van der Waals surface area contributed by atoms with Crippen molar-refractivity contribution in [1.82, 2.24) is 25.2 Å². The number of hydrogen-bond donors (Lipinski definition) is 2. The third kappa shape index (κ3) is 3.80. The van der Waals surface area contributed by atoms with Gasteiger partial charge in [-0.2, -0.15) is 5.10 Å². The van der Waals surface area contributed by atoms with Gasteiger partial charge in [0, 0.05) is 12.3 Å². The van der Waals surface area contributed by atoms with Crippen molar-refractivity contribution >= 4 is 23.2 Å². The van der Waals surface area contributed by atoms with E-state index in [0.717, 1.165) is 16.9 Å². The fourth-order valence-corrected chi connectivity index (χ4v) is 3.25. The Balaban J connectivity index is 1.66. The molecule has 3 rings (SSSR count). The molecule has 0 spiro atoms. The Hall–Kier alpha value is -3.01. The zero-order valence-corrected chi connectivity index (χ0v) is 15.2. The number of rotatable bonds is 6. The van der Waals surface area contributed by atoms with Crippen LogP contribution in [0.4, 0.5) is 0 Å². The quantitative estimate of drug-likeness (QED) is 0.677. The Morgan fingerprint density at radius 2 is 2.19 bits per heavy atom. The highest BCUT2D eigenvalue weighted by atomic mass is 32.1. The first-order valence-corrected chi connectivity index (χ1v) is 8.61. The van der Waals surface area contributed by atoms with Gasteiger partial charge < -0.3 is 14.9 Å². The highest BCUT2D eigenvalue weighted by molar-refractivity contribution is 7.13. The van der Waals surface area contributed by atoms with Crippen molar-refractivity contribution in [1.29, 1.82) is 0 Å². The normalized spacial score (nSPS) is 12.1. The molecular formula is C16H17N5O4S. The van der Waals surface area contributed by atoms with Gasteiger partial charge in [-0.3, -0.25) is 9.48 Å². The molecule has 9 nitrogen and oxygen atoms in total. The number of aryl methyl sites for hydroxylation is 2. The number of carboxylic acids is 1. The summed E-state index contributed by atoms with van der Waals surface area (Å²) < 4.78 is 6.86. The Kier molecular flexibility index (Phi) is 4.85. The molecule has 0 bridgehead atoms. The van der Waals surface area contributed by atoms with Gasteiger partial charge in [0.1, 0.15) is 16.4 Å². The molecule has 0 fully saturated rings. The zero-order valence-electron chi connectivity index (χ0n) is 14.4. The largest absolute Gasteiger partial charge is 0.477 e. The monoisotopic (exact) mass is 375 g/mol. The van der Waals surface area contributed by atoms with Crippen LogP contribution in [-0.4, -0.2) is 36.9 Å². The first-order valence-electron chi connectivity index (χ1n) is 7.79. The van der Waals surface area contributed by atoms with E-state index in [2.05, 4.69) is 20.6 Å². The Morgan fingerprint density at radius 1 is 1.42 bits per heavy atom. The van der Waals surface area contributed by atoms with Crippen LogP contribution in [0.2, 0.25) is 0 Å². The van der Waals surface area contributed by atoms with Gasteiger partial charge in [0.05, 0.1) is 17.9 Å². The average molecular weight is 375 g/mol. The summed E-state index contributed by atoms with van der Waals surface area (Å²) >= 11 is 1.04. The fraction of sp³-hybridized carbons (Fsp3) is 0.312. The van der Waals surface area contributed by atoms with E-state index in [1.54, 1.807) is 30.8 Å². The van der Waals surface area contributed by atoms with Crippen molar-refractivity contribution in [2.24, 2.45) is 0 Å². The van der Waals surface area contributed by atoms with Crippen LogP contribution in [0.15, 0.2) is 23.0 Å². The molecule has 3 aromatic rings. The number of nitrogens with one attached hydrogen (secondary N) is 1. The Bertz CT molecular complexity index is 958. The van der Waals surface area contributed by atoms with E-state index in [9.17, 15) is 9.59 Å². The fourth-order valence-electron chi connectivity index (χ4n) is 2.34. The molecule has 0 aromatic carbocycles. The van der Waals surface area contributed by atoms with Crippen LogP contribution in [0.1, 0.15) is 55.2 Å². The Morgan fingerprint density at radius 3 is 2.81 bits per heavy atom. The maximum Gasteiger partial charge on any atom is 0.347 e. The molecule has 0 radical (unpaired) electrons. The number of amides is 1. The summed E-state index contributed by atoms with van der Waals surface area (Å²) in [5, 5.41) is 20.3. The van der Waals surface area contributed by atoms with Gasteiger partial charge in [0.15, 0.2) is 11.5 Å². The lowest BCUT2D eigenvalue weighted by Gasteiger charge is -2.09. The van der Waals surface area contributed by atoms with Crippen LogP contribution in [-0.2, 0) is 6.54 Å². The number of hydrogen-bond acceptors (Lipinski definition) is 7. The third-order valence-electron chi connectivity index (χ3n) is 3.60. The van der Waals surface area contributed by atoms with E-state index < -0.39 is 17.9 Å². The molecule has 136 valence electrons. The molecule has 0 aliphatic heterocycles. The summed E-state index contributed by atoms with van der Waals surface area (Å²) in [5.74, 6) is -0.946. The van der Waals surface area contributed by atoms with Crippen molar-refractivity contribution < 1.29 is 19.2 Å². The van der Waals surface area contributed by atoms with Crippen molar-refractivity contribution in [3.63, 3.8) is 0 Å². The summed E-state index contributed by atoms with van der Waals surface area (Å²) in [5.41, 5.74) is 1.59. The standard InChI is InChI=1S/C16H17N5O4S/c1-8-5-17-21(6-8)7-11-4-12(20-25-11)14(22)18-10(3)15-19-9(2)13(26-15)16(23)24/h4-6,10H,7H2,1-3H3,(H,18,22)(H,23,24). The van der Waals surface area contributed by atoms with Crippen molar-refractivity contribution in [2.45, 2.75) is 33.4 Å². The molecule has 3 aromatic heterocycles. The van der Waals surface area contributed by atoms with E-state index in [-0.39, 0.29) is 10.6 Å². The first kappa shape index (κ1) is 17.8. The zero-order chi connectivity index (χ0) is 18.8. The number of carboxylic acid groups (broad SMARTS) is 1. The molecule has 0 aliphatic carbocycles. The minimum absolute atomic E-state index is 0.141. The Labute approximate surface area is 152 Å². The molecule has 0 saturated heterocycles. The second-order valence-electron chi connectivity index (χ2n) is 5.86. The van der Waals surface area contributed by atoms with Gasteiger partial charge in [-0.05, 0) is 26.3 Å². The van der Waals surface area contributed by atoms with Crippen LogP contribution in [0.25, 0.3) is 0 Å². The van der Waals surface area contributed by atoms with Crippen molar-refractivity contribution in [3.05, 3.63) is 51.1 Å². The molecule has 2 N–H and O–H groups in total. The van der Waals surface area contributed by atoms with E-state index >= 15 is 0 Å². The first-order chi connectivity index (χ1) is 12.3. The van der Waals surface area contributed by atoms with Crippen LogP contribution < -0.4 is 5.32 Å². The van der Waals surface area contributed by atoms with Gasteiger partial charge >= 0.3 is 5.97 Å². The van der Waals surface area contributed by atoms with Crippen LogP contribution in [0, 0.1) is 13.8 Å². The van der Waals surface area contributed by atoms with Gasteiger partial charge in [0.2, 0.25) is 0 Å². The van der Waals surface area contributed by atoms with E-state index in [0.29, 0.717) is 23.0 Å². The highest BCUT2D eigenvalue weighted by Crippen LogP contribution is 2.23. The predicted molar refractivity (Wildman–Crippen MR) is 92.3 cm³/mol. The lowest BCUT2D eigenvalue weighted by Crippen LogP contribution is -2.26. The highest BCUT2D eigenvalue weighted by Gasteiger charge is 2.21. The number of aromatic nitrogens is 4. The SMILES string of the molecule is Cc1cnn(Cc2cc(C(=O)NC(C)c3nc(C)c(C(=O)O)s3)no2)c1. The summed E-state index contributed by atoms with van der Waals surface area (Å²) in [7, 11) is 0. The molecule has 3 heterocycles. The lowest BCUT2D eigenvalue weighted by molar-refractivity contribution is 0.0700.